The first-order chi connectivity index (χ1) is 4.39. The number of allylic oxidation sites excluding steroid dienone is 4. The van der Waals surface area contributed by atoms with Crippen molar-refractivity contribution in [3.05, 3.63) is 22.3 Å². The van der Waals surface area contributed by atoms with Gasteiger partial charge in [0, 0.05) is 0 Å². The third kappa shape index (κ3) is 4.28. The first kappa shape index (κ1) is 10.4. The normalized spacial score (nSPS) is 18.4. The van der Waals surface area contributed by atoms with Crippen LogP contribution in [0.1, 0.15) is 25.7 Å². The van der Waals surface area contributed by atoms with Crippen LogP contribution in [0.3, 0.4) is 0 Å². The van der Waals surface area contributed by atoms with E-state index >= 15 is 0 Å². The maximum absolute atomic E-state index is 3.23. The molecule has 61 valence electrons. The Morgan fingerprint density at radius 1 is 1.30 bits per heavy atom. The van der Waals surface area contributed by atoms with Crippen molar-refractivity contribution in [2.24, 2.45) is 0 Å². The van der Waals surface area contributed by atoms with Gasteiger partial charge in [-0.1, -0.05) is 0 Å². The van der Waals surface area contributed by atoms with Crippen molar-refractivity contribution in [1.82, 2.24) is 0 Å². The molecule has 0 amide bonds. The number of rotatable bonds is 0. The monoisotopic (exact) mass is 249 g/mol. The van der Waals surface area contributed by atoms with E-state index in [-0.39, 0.29) is 12.4 Å². The maximum atomic E-state index is 3.23. The molecule has 1 aliphatic rings. The van der Waals surface area contributed by atoms with Gasteiger partial charge < -0.3 is 0 Å². The Kier molecular flexibility index (Phi) is 6.43. The van der Waals surface area contributed by atoms with Gasteiger partial charge in [-0.15, -0.1) is 12.4 Å². The van der Waals surface area contributed by atoms with Crippen LogP contribution in [-0.4, -0.2) is 0 Å². The SMILES string of the molecule is Cl.[Pd][C]1=CC=CCCCC1. The Morgan fingerprint density at radius 3 is 2.90 bits per heavy atom. The summed E-state index contributed by atoms with van der Waals surface area (Å²) in [6.45, 7) is 0. The zero-order valence-electron chi connectivity index (χ0n) is 5.78. The van der Waals surface area contributed by atoms with Crippen LogP contribution in [0.5, 0.6) is 0 Å². The molecule has 2 heteroatoms. The van der Waals surface area contributed by atoms with Crippen LogP contribution < -0.4 is 0 Å². The summed E-state index contributed by atoms with van der Waals surface area (Å²) in [6.07, 6.45) is 11.7. The van der Waals surface area contributed by atoms with E-state index in [4.69, 9.17) is 0 Å². The van der Waals surface area contributed by atoms with Crippen LogP contribution in [0, 0.1) is 0 Å². The molecule has 1 aliphatic carbocycles. The zero-order valence-corrected chi connectivity index (χ0v) is 8.16. The number of hydrogen-bond donors (Lipinski definition) is 0. The summed E-state index contributed by atoms with van der Waals surface area (Å²) in [5.74, 6) is 0. The molecule has 0 aromatic heterocycles. The van der Waals surface area contributed by atoms with E-state index in [1.165, 1.54) is 29.7 Å². The van der Waals surface area contributed by atoms with Crippen molar-refractivity contribution >= 4 is 12.4 Å². The van der Waals surface area contributed by atoms with Crippen LogP contribution in [0.4, 0.5) is 0 Å². The van der Waals surface area contributed by atoms with Crippen LogP contribution in [0.15, 0.2) is 22.3 Å². The Bertz CT molecular complexity index is 138. The van der Waals surface area contributed by atoms with Crippen LogP contribution in [-0.2, 0) is 19.2 Å². The van der Waals surface area contributed by atoms with Gasteiger partial charge in [-0.3, -0.25) is 0 Å². The van der Waals surface area contributed by atoms with Crippen molar-refractivity contribution in [3.8, 4) is 0 Å². The fourth-order valence-electron chi connectivity index (χ4n) is 0.891. The molecule has 0 nitrogen and oxygen atoms in total. The van der Waals surface area contributed by atoms with Crippen LogP contribution >= 0.6 is 12.4 Å². The minimum absolute atomic E-state index is 0. The summed E-state index contributed by atoms with van der Waals surface area (Å²) < 4.78 is 1.37. The van der Waals surface area contributed by atoms with Crippen LogP contribution in [0.25, 0.3) is 0 Å². The van der Waals surface area contributed by atoms with Gasteiger partial charge in [0.2, 0.25) is 0 Å². The van der Waals surface area contributed by atoms with Gasteiger partial charge in [0.05, 0.1) is 0 Å². The topological polar surface area (TPSA) is 0 Å². The summed E-state index contributed by atoms with van der Waals surface area (Å²) in [6, 6.07) is 0. The van der Waals surface area contributed by atoms with E-state index in [9.17, 15) is 0 Å². The Morgan fingerprint density at radius 2 is 2.10 bits per heavy atom. The predicted molar refractivity (Wildman–Crippen MR) is 42.9 cm³/mol. The minimum atomic E-state index is 0. The molecule has 10 heavy (non-hydrogen) atoms. The van der Waals surface area contributed by atoms with Gasteiger partial charge in [-0.2, -0.15) is 0 Å². The Balaban J connectivity index is 0.000000810. The molecule has 0 fully saturated rings. The van der Waals surface area contributed by atoms with Crippen molar-refractivity contribution in [1.29, 1.82) is 0 Å². The van der Waals surface area contributed by atoms with E-state index in [0.29, 0.717) is 0 Å². The Labute approximate surface area is 79.6 Å². The molecule has 0 saturated heterocycles. The number of hydrogen-bond acceptors (Lipinski definition) is 0. The quantitative estimate of drug-likeness (QED) is 0.580. The first-order valence-corrected chi connectivity index (χ1v) is 4.15. The van der Waals surface area contributed by atoms with Crippen molar-refractivity contribution in [2.75, 3.05) is 0 Å². The van der Waals surface area contributed by atoms with Gasteiger partial charge in [-0.05, 0) is 0 Å². The zero-order chi connectivity index (χ0) is 6.53. The molecule has 0 heterocycles. The number of halogens is 1. The van der Waals surface area contributed by atoms with Gasteiger partial charge in [0.1, 0.15) is 0 Å². The Hall–Kier alpha value is 0.432. The molecule has 0 aromatic carbocycles. The second kappa shape index (κ2) is 6.16. The summed E-state index contributed by atoms with van der Waals surface area (Å²) >= 11 is 3.23. The molecule has 0 radical (unpaired) electrons. The van der Waals surface area contributed by atoms with Crippen molar-refractivity contribution < 1.29 is 19.2 Å². The molecule has 0 aliphatic heterocycles. The second-order valence-corrected chi connectivity index (χ2v) is 3.25. The third-order valence-corrected chi connectivity index (χ3v) is 2.07. The van der Waals surface area contributed by atoms with Crippen LogP contribution in [0.2, 0.25) is 0 Å². The summed E-state index contributed by atoms with van der Waals surface area (Å²) in [7, 11) is 0. The molecule has 0 unspecified atom stereocenters. The van der Waals surface area contributed by atoms with E-state index in [1.807, 2.05) is 0 Å². The fraction of sp³-hybridized carbons (Fsp3) is 0.500. The predicted octanol–water partition coefficient (Wildman–Crippen LogP) is 2.97. The molecule has 0 saturated carbocycles. The molecule has 0 aromatic rings. The molecule has 1 rings (SSSR count). The standard InChI is InChI=1S/C8H11.ClH.Pd/c1-2-4-6-8-7-5-3-1;;/h1-3H,4,6-8H2;1H;. The van der Waals surface area contributed by atoms with E-state index in [1.54, 1.807) is 0 Å². The summed E-state index contributed by atoms with van der Waals surface area (Å²) in [5.41, 5.74) is 0. The molecule has 0 spiro atoms. The fourth-order valence-corrected chi connectivity index (χ4v) is 1.32. The van der Waals surface area contributed by atoms with Gasteiger partial charge >= 0.3 is 67.2 Å². The van der Waals surface area contributed by atoms with E-state index in [0.717, 1.165) is 0 Å². The summed E-state index contributed by atoms with van der Waals surface area (Å²) in [4.78, 5) is 0. The second-order valence-electron chi connectivity index (χ2n) is 2.25. The van der Waals surface area contributed by atoms with Gasteiger partial charge in [-0.25, -0.2) is 0 Å². The first-order valence-electron chi connectivity index (χ1n) is 3.38. The molecule has 0 N–H and O–H groups in total. The van der Waals surface area contributed by atoms with E-state index < -0.39 is 0 Å². The van der Waals surface area contributed by atoms with Gasteiger partial charge in [0.15, 0.2) is 0 Å². The van der Waals surface area contributed by atoms with Crippen molar-refractivity contribution in [3.63, 3.8) is 0 Å². The average Bonchev–Trinajstić information content (AvgIpc) is 1.79. The molecular formula is C8H12ClPd. The average molecular weight is 250 g/mol. The third-order valence-electron chi connectivity index (χ3n) is 1.42. The summed E-state index contributed by atoms with van der Waals surface area (Å²) in [5, 5.41) is 0. The molecule has 0 atom stereocenters. The van der Waals surface area contributed by atoms with E-state index in [2.05, 4.69) is 37.4 Å². The molecule has 0 bridgehead atoms. The van der Waals surface area contributed by atoms with Crippen molar-refractivity contribution in [2.45, 2.75) is 25.7 Å². The molecular weight excluding hydrogens is 238 g/mol. The van der Waals surface area contributed by atoms with Gasteiger partial charge in [0.25, 0.3) is 0 Å².